The summed E-state index contributed by atoms with van der Waals surface area (Å²) < 4.78 is 5.24. The van der Waals surface area contributed by atoms with Crippen molar-refractivity contribution >= 4 is 23.2 Å². The molecule has 2 N–H and O–H groups in total. The van der Waals surface area contributed by atoms with Crippen LogP contribution in [0.5, 0.6) is 5.75 Å². The van der Waals surface area contributed by atoms with E-state index in [0.717, 1.165) is 16.9 Å². The summed E-state index contributed by atoms with van der Waals surface area (Å²) in [6.07, 6.45) is 0.621. The molecule has 0 saturated carbocycles. The van der Waals surface area contributed by atoms with E-state index >= 15 is 0 Å². The van der Waals surface area contributed by atoms with Crippen LogP contribution < -0.4 is 10.5 Å². The first-order valence-corrected chi connectivity index (χ1v) is 7.05. The van der Waals surface area contributed by atoms with Crippen LogP contribution in [-0.2, 0) is 12.0 Å². The van der Waals surface area contributed by atoms with Gasteiger partial charge in [-0.2, -0.15) is 0 Å². The molecule has 0 aliphatic carbocycles. The Bertz CT molecular complexity index is 611. The molecule has 0 amide bonds. The van der Waals surface area contributed by atoms with E-state index in [0.29, 0.717) is 16.5 Å². The third-order valence-corrected chi connectivity index (χ3v) is 3.89. The molecule has 0 spiro atoms. The van der Waals surface area contributed by atoms with Crippen LogP contribution in [-0.4, -0.2) is 7.11 Å². The number of hydrogen-bond acceptors (Lipinski definition) is 2. The van der Waals surface area contributed by atoms with Crippen LogP contribution in [0.15, 0.2) is 42.5 Å². The maximum atomic E-state index is 6.45. The highest BCUT2D eigenvalue weighted by molar-refractivity contribution is 6.35. The molecule has 4 heteroatoms. The number of ether oxygens (including phenoxy) is 1. The van der Waals surface area contributed by atoms with E-state index in [4.69, 9.17) is 33.7 Å². The third-order valence-electron chi connectivity index (χ3n) is 3.30. The summed E-state index contributed by atoms with van der Waals surface area (Å²) in [5.74, 6) is 0.793. The lowest BCUT2D eigenvalue weighted by atomic mass is 9.86. The first-order valence-electron chi connectivity index (χ1n) is 6.30. The zero-order valence-corrected chi connectivity index (χ0v) is 13.0. The second kappa shape index (κ2) is 6.04. The van der Waals surface area contributed by atoms with Crippen LogP contribution in [0.2, 0.25) is 10.0 Å². The number of halogens is 2. The Morgan fingerprint density at radius 3 is 2.55 bits per heavy atom. The highest BCUT2D eigenvalue weighted by atomic mass is 35.5. The fraction of sp³-hybridized carbons (Fsp3) is 0.250. The average Bonchev–Trinajstić information content (AvgIpc) is 2.42. The predicted octanol–water partition coefficient (Wildman–Crippen LogP) is 4.42. The number of hydrogen-bond donors (Lipinski definition) is 1. The van der Waals surface area contributed by atoms with Crippen LogP contribution in [0.3, 0.4) is 0 Å². The molecule has 0 fully saturated rings. The fourth-order valence-corrected chi connectivity index (χ4v) is 2.62. The van der Waals surface area contributed by atoms with Gasteiger partial charge in [0.2, 0.25) is 0 Å². The molecule has 0 saturated heterocycles. The van der Waals surface area contributed by atoms with Crippen molar-refractivity contribution in [2.24, 2.45) is 5.73 Å². The highest BCUT2D eigenvalue weighted by Gasteiger charge is 2.23. The van der Waals surface area contributed by atoms with E-state index in [2.05, 4.69) is 0 Å². The van der Waals surface area contributed by atoms with Gasteiger partial charge < -0.3 is 10.5 Å². The molecule has 2 rings (SSSR count). The minimum absolute atomic E-state index is 0.536. The third kappa shape index (κ3) is 3.45. The van der Waals surface area contributed by atoms with E-state index < -0.39 is 5.54 Å². The molecule has 2 aromatic rings. The number of nitrogens with two attached hydrogens (primary N) is 1. The zero-order valence-electron chi connectivity index (χ0n) is 11.5. The summed E-state index contributed by atoms with van der Waals surface area (Å²) in [6.45, 7) is 1.98. The summed E-state index contributed by atoms with van der Waals surface area (Å²) in [4.78, 5) is 0. The Hall–Kier alpha value is -1.22. The van der Waals surface area contributed by atoms with Gasteiger partial charge in [0.15, 0.2) is 0 Å². The van der Waals surface area contributed by atoms with Crippen molar-refractivity contribution in [1.82, 2.24) is 0 Å². The van der Waals surface area contributed by atoms with E-state index in [1.165, 1.54) is 0 Å². The van der Waals surface area contributed by atoms with E-state index in [-0.39, 0.29) is 0 Å². The number of rotatable bonds is 4. The normalized spacial score (nSPS) is 13.8. The summed E-state index contributed by atoms with van der Waals surface area (Å²) in [7, 11) is 1.64. The molecule has 106 valence electrons. The summed E-state index contributed by atoms with van der Waals surface area (Å²) in [5.41, 5.74) is 7.90. The Morgan fingerprint density at radius 1 is 1.15 bits per heavy atom. The van der Waals surface area contributed by atoms with Crippen molar-refractivity contribution in [3.63, 3.8) is 0 Å². The minimum Gasteiger partial charge on any atom is -0.497 e. The Kier molecular flexibility index (Phi) is 4.59. The first kappa shape index (κ1) is 15.2. The second-order valence-electron chi connectivity index (χ2n) is 5.06. The van der Waals surface area contributed by atoms with Crippen molar-refractivity contribution in [3.8, 4) is 5.75 Å². The molecule has 2 nitrogen and oxygen atoms in total. The van der Waals surface area contributed by atoms with Gasteiger partial charge in [0.05, 0.1) is 7.11 Å². The van der Waals surface area contributed by atoms with Gasteiger partial charge >= 0.3 is 0 Å². The molecule has 0 heterocycles. The average molecular weight is 310 g/mol. The van der Waals surface area contributed by atoms with Gasteiger partial charge in [0.1, 0.15) is 5.75 Å². The largest absolute Gasteiger partial charge is 0.497 e. The lowest BCUT2D eigenvalue weighted by Crippen LogP contribution is -2.35. The van der Waals surface area contributed by atoms with Crippen LogP contribution in [0.1, 0.15) is 18.1 Å². The molecule has 1 atom stereocenters. The topological polar surface area (TPSA) is 35.2 Å². The highest BCUT2D eigenvalue weighted by Crippen LogP contribution is 2.29. The van der Waals surface area contributed by atoms with Crippen LogP contribution in [0, 0.1) is 0 Å². The molecule has 20 heavy (non-hydrogen) atoms. The number of methoxy groups -OCH3 is 1. The summed E-state index contributed by atoms with van der Waals surface area (Å²) in [5, 5.41) is 1.26. The van der Waals surface area contributed by atoms with Gasteiger partial charge in [0.25, 0.3) is 0 Å². The molecule has 0 aromatic heterocycles. The fourth-order valence-electron chi connectivity index (χ4n) is 2.14. The molecular weight excluding hydrogens is 293 g/mol. The molecule has 0 aliphatic heterocycles. The molecule has 0 radical (unpaired) electrons. The first-order chi connectivity index (χ1) is 9.42. The zero-order chi connectivity index (χ0) is 14.8. The van der Waals surface area contributed by atoms with Crippen LogP contribution in [0.4, 0.5) is 0 Å². The molecule has 0 aliphatic rings. The Labute approximate surface area is 129 Å². The van der Waals surface area contributed by atoms with Gasteiger partial charge in [-0.05, 0) is 48.7 Å². The SMILES string of the molecule is COc1cccc(C(C)(N)Cc2ccc(Cl)cc2Cl)c1. The van der Waals surface area contributed by atoms with Gasteiger partial charge in [-0.1, -0.05) is 41.4 Å². The summed E-state index contributed by atoms with van der Waals surface area (Å²) in [6, 6.07) is 13.2. The predicted molar refractivity (Wildman–Crippen MR) is 84.7 cm³/mol. The Balaban J connectivity index is 2.29. The van der Waals surface area contributed by atoms with E-state index in [1.54, 1.807) is 13.2 Å². The minimum atomic E-state index is -0.536. The van der Waals surface area contributed by atoms with Crippen molar-refractivity contribution < 1.29 is 4.74 Å². The monoisotopic (exact) mass is 309 g/mol. The van der Waals surface area contributed by atoms with Gasteiger partial charge in [-0.25, -0.2) is 0 Å². The van der Waals surface area contributed by atoms with Crippen molar-refractivity contribution in [2.45, 2.75) is 18.9 Å². The second-order valence-corrected chi connectivity index (χ2v) is 5.91. The standard InChI is InChI=1S/C16H17Cl2NO/c1-16(19,12-4-3-5-14(8-12)20-2)10-11-6-7-13(17)9-15(11)18/h3-9H,10,19H2,1-2H3. The number of benzene rings is 2. The Morgan fingerprint density at radius 2 is 1.90 bits per heavy atom. The lowest BCUT2D eigenvalue weighted by molar-refractivity contribution is 0.410. The smallest absolute Gasteiger partial charge is 0.119 e. The van der Waals surface area contributed by atoms with E-state index in [9.17, 15) is 0 Å². The van der Waals surface area contributed by atoms with Gasteiger partial charge in [-0.3, -0.25) is 0 Å². The quantitative estimate of drug-likeness (QED) is 0.907. The van der Waals surface area contributed by atoms with Gasteiger partial charge in [0, 0.05) is 15.6 Å². The molecule has 2 aromatic carbocycles. The van der Waals surface area contributed by atoms with E-state index in [1.807, 2.05) is 43.3 Å². The van der Waals surface area contributed by atoms with Gasteiger partial charge in [-0.15, -0.1) is 0 Å². The van der Waals surface area contributed by atoms with Crippen molar-refractivity contribution in [3.05, 3.63) is 63.6 Å². The molecule has 1 unspecified atom stereocenters. The maximum absolute atomic E-state index is 6.45. The molecule has 0 bridgehead atoms. The van der Waals surface area contributed by atoms with Crippen LogP contribution >= 0.6 is 23.2 Å². The van der Waals surface area contributed by atoms with Crippen molar-refractivity contribution in [1.29, 1.82) is 0 Å². The van der Waals surface area contributed by atoms with Crippen molar-refractivity contribution in [2.75, 3.05) is 7.11 Å². The maximum Gasteiger partial charge on any atom is 0.119 e. The lowest BCUT2D eigenvalue weighted by Gasteiger charge is -2.26. The summed E-state index contributed by atoms with van der Waals surface area (Å²) >= 11 is 12.1. The molecular formula is C16H17Cl2NO. The van der Waals surface area contributed by atoms with Crippen LogP contribution in [0.25, 0.3) is 0 Å².